The Bertz CT molecular complexity index is 1440. The molecule has 1 aliphatic rings. The Hall–Kier alpha value is -3.91. The van der Waals surface area contributed by atoms with Gasteiger partial charge in [0.25, 0.3) is 5.91 Å². The molecule has 0 radical (unpaired) electrons. The Morgan fingerprint density at radius 3 is 2.53 bits per heavy atom. The lowest BCUT2D eigenvalue weighted by Crippen LogP contribution is -2.28. The summed E-state index contributed by atoms with van der Waals surface area (Å²) in [4.78, 5) is 27.5. The number of thioether (sulfide) groups is 1. The number of anilines is 2. The molecule has 0 unspecified atom stereocenters. The molecule has 0 aliphatic carbocycles. The second kappa shape index (κ2) is 9.99. The first-order valence-corrected chi connectivity index (χ1v) is 12.8. The van der Waals surface area contributed by atoms with E-state index in [2.05, 4.69) is 39.8 Å². The Balaban J connectivity index is 1.22. The van der Waals surface area contributed by atoms with Crippen LogP contribution in [0.2, 0.25) is 0 Å². The smallest absolute Gasteiger partial charge is 0.258 e. The lowest BCUT2D eigenvalue weighted by molar-refractivity contribution is -0.113. The topological polar surface area (TPSA) is 80.1 Å². The minimum absolute atomic E-state index is 0.0328. The first-order valence-electron chi connectivity index (χ1n) is 11.8. The normalized spacial score (nSPS) is 12.5. The monoisotopic (exact) mass is 497 g/mol. The highest BCUT2D eigenvalue weighted by atomic mass is 32.2. The number of nitrogens with one attached hydrogen (secondary N) is 1. The number of amides is 2. The van der Waals surface area contributed by atoms with Gasteiger partial charge in [0.05, 0.1) is 11.4 Å². The minimum Gasteiger partial charge on any atom is -0.325 e. The summed E-state index contributed by atoms with van der Waals surface area (Å²) >= 11 is 1.34. The standard InChI is InChI=1S/C28H27N5O2S/c1-18-8-9-19(2)25(16-18)33-20(3)30-31-28(33)36-17-26(34)29-23-12-10-22(11-13-23)27(35)32-15-14-21-6-4-5-7-24(21)32/h4-13,16H,14-15,17H2,1-3H3,(H,29,34). The Morgan fingerprint density at radius 2 is 1.72 bits per heavy atom. The van der Waals surface area contributed by atoms with Gasteiger partial charge >= 0.3 is 0 Å². The second-order valence-electron chi connectivity index (χ2n) is 8.90. The van der Waals surface area contributed by atoms with Gasteiger partial charge in [0, 0.05) is 23.5 Å². The summed E-state index contributed by atoms with van der Waals surface area (Å²) in [7, 11) is 0. The van der Waals surface area contributed by atoms with E-state index in [0.29, 0.717) is 23.0 Å². The highest BCUT2D eigenvalue weighted by Gasteiger charge is 2.25. The number of carbonyl (C=O) groups excluding carboxylic acids is 2. The first-order chi connectivity index (χ1) is 17.4. The summed E-state index contributed by atoms with van der Waals surface area (Å²) in [6, 6.07) is 21.3. The van der Waals surface area contributed by atoms with Crippen LogP contribution in [-0.4, -0.2) is 38.9 Å². The van der Waals surface area contributed by atoms with Crippen LogP contribution in [0, 0.1) is 20.8 Å². The molecule has 182 valence electrons. The zero-order valence-corrected chi connectivity index (χ0v) is 21.3. The maximum Gasteiger partial charge on any atom is 0.258 e. The summed E-state index contributed by atoms with van der Waals surface area (Å²) in [6.07, 6.45) is 0.866. The van der Waals surface area contributed by atoms with Crippen molar-refractivity contribution >= 4 is 35.0 Å². The van der Waals surface area contributed by atoms with Gasteiger partial charge in [-0.3, -0.25) is 14.2 Å². The van der Waals surface area contributed by atoms with Crippen molar-refractivity contribution in [3.05, 3.63) is 94.8 Å². The molecule has 0 atom stereocenters. The number of aromatic nitrogens is 3. The van der Waals surface area contributed by atoms with Gasteiger partial charge < -0.3 is 10.2 Å². The average Bonchev–Trinajstić information content (AvgIpc) is 3.47. The number of rotatable bonds is 6. The first kappa shape index (κ1) is 23.8. The molecule has 1 aromatic heterocycles. The van der Waals surface area contributed by atoms with Gasteiger partial charge in [-0.2, -0.15) is 0 Å². The van der Waals surface area contributed by atoms with Crippen molar-refractivity contribution in [3.8, 4) is 5.69 Å². The SMILES string of the molecule is Cc1ccc(C)c(-n2c(C)nnc2SCC(=O)Nc2ccc(C(=O)N3CCc4ccccc43)cc2)c1. The van der Waals surface area contributed by atoms with E-state index in [1.54, 1.807) is 24.3 Å². The highest BCUT2D eigenvalue weighted by Crippen LogP contribution is 2.29. The van der Waals surface area contributed by atoms with E-state index >= 15 is 0 Å². The Labute approximate surface area is 214 Å². The molecule has 36 heavy (non-hydrogen) atoms. The fourth-order valence-electron chi connectivity index (χ4n) is 4.40. The van der Waals surface area contributed by atoms with E-state index in [4.69, 9.17) is 0 Å². The average molecular weight is 498 g/mol. The van der Waals surface area contributed by atoms with Crippen LogP contribution in [0.5, 0.6) is 0 Å². The zero-order valence-electron chi connectivity index (χ0n) is 20.5. The molecule has 7 nitrogen and oxygen atoms in total. The van der Waals surface area contributed by atoms with Crippen LogP contribution in [-0.2, 0) is 11.2 Å². The third kappa shape index (κ3) is 4.77. The molecule has 0 fully saturated rings. The number of nitrogens with zero attached hydrogens (tertiary/aromatic N) is 4. The van der Waals surface area contributed by atoms with E-state index in [-0.39, 0.29) is 17.6 Å². The predicted molar refractivity (Wildman–Crippen MR) is 143 cm³/mol. The fourth-order valence-corrected chi connectivity index (χ4v) is 5.19. The van der Waals surface area contributed by atoms with Gasteiger partial charge in [-0.1, -0.05) is 42.1 Å². The predicted octanol–water partition coefficient (Wildman–Crippen LogP) is 5.13. The number of hydrogen-bond donors (Lipinski definition) is 1. The number of benzene rings is 3. The number of hydrogen-bond acceptors (Lipinski definition) is 5. The van der Waals surface area contributed by atoms with Crippen molar-refractivity contribution < 1.29 is 9.59 Å². The van der Waals surface area contributed by atoms with E-state index in [0.717, 1.165) is 34.7 Å². The molecule has 5 rings (SSSR count). The van der Waals surface area contributed by atoms with E-state index < -0.39 is 0 Å². The van der Waals surface area contributed by atoms with Crippen molar-refractivity contribution in [2.75, 3.05) is 22.5 Å². The van der Waals surface area contributed by atoms with Crippen LogP contribution in [0.15, 0.2) is 71.9 Å². The molecule has 1 aliphatic heterocycles. The van der Waals surface area contributed by atoms with Crippen molar-refractivity contribution in [1.29, 1.82) is 0 Å². The van der Waals surface area contributed by atoms with E-state index in [1.165, 1.54) is 17.3 Å². The van der Waals surface area contributed by atoms with Crippen LogP contribution in [0.3, 0.4) is 0 Å². The van der Waals surface area contributed by atoms with Crippen molar-refractivity contribution in [2.45, 2.75) is 32.3 Å². The Morgan fingerprint density at radius 1 is 0.944 bits per heavy atom. The summed E-state index contributed by atoms with van der Waals surface area (Å²) in [5.74, 6) is 0.775. The molecule has 2 amide bonds. The maximum atomic E-state index is 13.0. The lowest BCUT2D eigenvalue weighted by Gasteiger charge is -2.17. The third-order valence-corrected chi connectivity index (χ3v) is 7.21. The van der Waals surface area contributed by atoms with Gasteiger partial charge in [-0.25, -0.2) is 0 Å². The number of aryl methyl sites for hydroxylation is 3. The van der Waals surface area contributed by atoms with Gasteiger partial charge in [-0.15, -0.1) is 10.2 Å². The van der Waals surface area contributed by atoms with Crippen molar-refractivity contribution in [2.24, 2.45) is 0 Å². The lowest BCUT2D eigenvalue weighted by atomic mass is 10.1. The molecule has 0 saturated carbocycles. The second-order valence-corrected chi connectivity index (χ2v) is 9.85. The fraction of sp³-hybridized carbons (Fsp3) is 0.214. The molecular weight excluding hydrogens is 470 g/mol. The molecule has 0 spiro atoms. The van der Waals surface area contributed by atoms with E-state index in [1.807, 2.05) is 48.4 Å². The highest BCUT2D eigenvalue weighted by molar-refractivity contribution is 7.99. The summed E-state index contributed by atoms with van der Waals surface area (Å²) in [6.45, 7) is 6.68. The van der Waals surface area contributed by atoms with E-state index in [9.17, 15) is 9.59 Å². The molecule has 0 saturated heterocycles. The number of carbonyl (C=O) groups is 2. The largest absolute Gasteiger partial charge is 0.325 e. The van der Waals surface area contributed by atoms with Crippen LogP contribution in [0.4, 0.5) is 11.4 Å². The molecule has 0 bridgehead atoms. The molecule has 4 aromatic rings. The van der Waals surface area contributed by atoms with Gasteiger partial charge in [-0.05, 0) is 80.3 Å². The molecule has 2 heterocycles. The van der Waals surface area contributed by atoms with Crippen LogP contribution < -0.4 is 10.2 Å². The van der Waals surface area contributed by atoms with Crippen LogP contribution in [0.25, 0.3) is 5.69 Å². The van der Waals surface area contributed by atoms with Crippen molar-refractivity contribution in [3.63, 3.8) is 0 Å². The molecule has 3 aromatic carbocycles. The molecular formula is C28H27N5O2S. The van der Waals surface area contributed by atoms with Gasteiger partial charge in [0.2, 0.25) is 5.91 Å². The van der Waals surface area contributed by atoms with Crippen LogP contribution >= 0.6 is 11.8 Å². The summed E-state index contributed by atoms with van der Waals surface area (Å²) in [5.41, 5.74) is 6.68. The number of fused-ring (bicyclic) bond motifs is 1. The van der Waals surface area contributed by atoms with Crippen LogP contribution in [0.1, 0.15) is 32.9 Å². The maximum absolute atomic E-state index is 13.0. The zero-order chi connectivity index (χ0) is 25.2. The number of para-hydroxylation sites is 1. The summed E-state index contributed by atoms with van der Waals surface area (Å²) < 4.78 is 1.98. The molecule has 8 heteroatoms. The van der Waals surface area contributed by atoms with Crippen molar-refractivity contribution in [1.82, 2.24) is 14.8 Å². The quantitative estimate of drug-likeness (QED) is 0.374. The minimum atomic E-state index is -0.152. The Kier molecular flexibility index (Phi) is 6.61. The van der Waals surface area contributed by atoms with Gasteiger partial charge in [0.1, 0.15) is 5.82 Å². The molecule has 1 N–H and O–H groups in total. The van der Waals surface area contributed by atoms with Gasteiger partial charge in [0.15, 0.2) is 5.16 Å². The summed E-state index contributed by atoms with van der Waals surface area (Å²) in [5, 5.41) is 12.1. The third-order valence-electron chi connectivity index (χ3n) is 6.28.